The first-order valence-electron chi connectivity index (χ1n) is 3.63. The predicted octanol–water partition coefficient (Wildman–Crippen LogP) is 2.74. The number of carbonyl (C=O) groups is 1. The van der Waals surface area contributed by atoms with E-state index < -0.39 is 12.1 Å². The van der Waals surface area contributed by atoms with Crippen molar-refractivity contribution in [1.29, 1.82) is 0 Å². The zero-order valence-electron chi connectivity index (χ0n) is 7.14. The maximum atomic E-state index is 11.9. The molecular formula is C8H5BrF3NO2. The van der Waals surface area contributed by atoms with Crippen LogP contribution in [0.25, 0.3) is 0 Å². The molecule has 0 aliphatic rings. The van der Waals surface area contributed by atoms with Gasteiger partial charge in [0, 0.05) is 10.0 Å². The van der Waals surface area contributed by atoms with Gasteiger partial charge in [0.15, 0.2) is 12.0 Å². The molecule has 1 aromatic carbocycles. The van der Waals surface area contributed by atoms with Crippen molar-refractivity contribution in [2.75, 3.05) is 5.73 Å². The molecule has 3 nitrogen and oxygen atoms in total. The smallest absolute Gasteiger partial charge is 0.404 e. The van der Waals surface area contributed by atoms with Crippen LogP contribution in [-0.4, -0.2) is 12.6 Å². The van der Waals surface area contributed by atoms with E-state index in [1.807, 2.05) is 0 Å². The summed E-state index contributed by atoms with van der Waals surface area (Å²) in [6.07, 6.45) is -4.49. The molecule has 0 amide bonds. The quantitative estimate of drug-likeness (QED) is 0.671. The standard InChI is InChI=1S/C8H5BrF3NO2/c9-5-1-4(3-14)7(13)6(2-5)15-8(10,11)12/h1-3H,13H2. The van der Waals surface area contributed by atoms with Crippen molar-refractivity contribution in [3.63, 3.8) is 0 Å². The molecule has 0 spiro atoms. The number of hydrogen-bond donors (Lipinski definition) is 1. The molecule has 0 aliphatic carbocycles. The average Bonchev–Trinajstić information content (AvgIpc) is 2.08. The van der Waals surface area contributed by atoms with Gasteiger partial charge in [-0.1, -0.05) is 15.9 Å². The van der Waals surface area contributed by atoms with Gasteiger partial charge < -0.3 is 10.5 Å². The van der Waals surface area contributed by atoms with Gasteiger partial charge in [-0.25, -0.2) is 0 Å². The Labute approximate surface area is 91.1 Å². The lowest BCUT2D eigenvalue weighted by atomic mass is 10.2. The largest absolute Gasteiger partial charge is 0.573 e. The van der Waals surface area contributed by atoms with E-state index in [0.717, 1.165) is 6.07 Å². The molecule has 0 radical (unpaired) electrons. The second kappa shape index (κ2) is 4.09. The molecule has 0 fully saturated rings. The van der Waals surface area contributed by atoms with E-state index in [1.54, 1.807) is 0 Å². The van der Waals surface area contributed by atoms with Crippen LogP contribution in [0, 0.1) is 0 Å². The Morgan fingerprint density at radius 1 is 1.40 bits per heavy atom. The van der Waals surface area contributed by atoms with E-state index in [-0.39, 0.29) is 15.7 Å². The van der Waals surface area contributed by atoms with Crippen LogP contribution in [0.5, 0.6) is 5.75 Å². The monoisotopic (exact) mass is 283 g/mol. The van der Waals surface area contributed by atoms with Crippen molar-refractivity contribution in [3.05, 3.63) is 22.2 Å². The Balaban J connectivity index is 3.18. The minimum atomic E-state index is -4.84. The fraction of sp³-hybridized carbons (Fsp3) is 0.125. The van der Waals surface area contributed by atoms with Crippen molar-refractivity contribution in [3.8, 4) is 5.75 Å². The zero-order valence-corrected chi connectivity index (χ0v) is 8.72. The first kappa shape index (κ1) is 11.8. The molecule has 0 atom stereocenters. The Hall–Kier alpha value is -1.24. The molecule has 15 heavy (non-hydrogen) atoms. The molecule has 0 unspecified atom stereocenters. The van der Waals surface area contributed by atoms with E-state index >= 15 is 0 Å². The Morgan fingerprint density at radius 2 is 2.00 bits per heavy atom. The summed E-state index contributed by atoms with van der Waals surface area (Å²) in [7, 11) is 0. The van der Waals surface area contributed by atoms with Gasteiger partial charge in [0.2, 0.25) is 0 Å². The number of alkyl halides is 3. The van der Waals surface area contributed by atoms with Gasteiger partial charge in [-0.05, 0) is 12.1 Å². The number of halogens is 4. The molecule has 7 heteroatoms. The lowest BCUT2D eigenvalue weighted by Gasteiger charge is -2.12. The van der Waals surface area contributed by atoms with Crippen LogP contribution in [0.4, 0.5) is 18.9 Å². The molecule has 0 bridgehead atoms. The summed E-state index contributed by atoms with van der Waals surface area (Å²) in [4.78, 5) is 10.5. The zero-order chi connectivity index (χ0) is 11.6. The second-order valence-electron chi connectivity index (χ2n) is 2.57. The third-order valence-corrected chi connectivity index (χ3v) is 1.95. The van der Waals surface area contributed by atoms with Gasteiger partial charge >= 0.3 is 6.36 Å². The summed E-state index contributed by atoms with van der Waals surface area (Å²) in [5.41, 5.74) is 4.88. The highest BCUT2D eigenvalue weighted by Gasteiger charge is 2.32. The van der Waals surface area contributed by atoms with Gasteiger partial charge in [0.05, 0.1) is 5.69 Å². The van der Waals surface area contributed by atoms with E-state index in [4.69, 9.17) is 5.73 Å². The Morgan fingerprint density at radius 3 is 2.47 bits per heavy atom. The van der Waals surface area contributed by atoms with Crippen molar-refractivity contribution >= 4 is 27.9 Å². The molecule has 82 valence electrons. The van der Waals surface area contributed by atoms with Crippen LogP contribution in [0.2, 0.25) is 0 Å². The number of ether oxygens (including phenoxy) is 1. The first-order valence-corrected chi connectivity index (χ1v) is 4.42. The summed E-state index contributed by atoms with van der Waals surface area (Å²) >= 11 is 2.93. The number of benzene rings is 1. The molecule has 2 N–H and O–H groups in total. The Kier molecular flexibility index (Phi) is 3.23. The lowest BCUT2D eigenvalue weighted by Crippen LogP contribution is -2.18. The van der Waals surface area contributed by atoms with Gasteiger partial charge in [-0.15, -0.1) is 13.2 Å². The molecule has 0 aliphatic heterocycles. The average molecular weight is 284 g/mol. The molecule has 0 heterocycles. The van der Waals surface area contributed by atoms with Gasteiger partial charge in [0.1, 0.15) is 0 Å². The highest BCUT2D eigenvalue weighted by atomic mass is 79.9. The van der Waals surface area contributed by atoms with Crippen LogP contribution in [-0.2, 0) is 0 Å². The van der Waals surface area contributed by atoms with Crippen LogP contribution in [0.3, 0.4) is 0 Å². The third-order valence-electron chi connectivity index (χ3n) is 1.49. The number of carbonyl (C=O) groups excluding carboxylic acids is 1. The molecule has 1 aromatic rings. The maximum absolute atomic E-state index is 11.9. The van der Waals surface area contributed by atoms with E-state index in [9.17, 15) is 18.0 Å². The molecule has 0 saturated carbocycles. The van der Waals surface area contributed by atoms with Gasteiger partial charge in [-0.2, -0.15) is 0 Å². The SMILES string of the molecule is Nc1c(C=O)cc(Br)cc1OC(F)(F)F. The summed E-state index contributed by atoms with van der Waals surface area (Å²) in [5, 5.41) is 0. The first-order chi connectivity index (χ1) is 6.83. The lowest BCUT2D eigenvalue weighted by molar-refractivity contribution is -0.274. The van der Waals surface area contributed by atoms with Crippen LogP contribution >= 0.6 is 15.9 Å². The molecule has 0 aromatic heterocycles. The number of nitrogen functional groups attached to an aromatic ring is 1. The van der Waals surface area contributed by atoms with Crippen molar-refractivity contribution < 1.29 is 22.7 Å². The van der Waals surface area contributed by atoms with E-state index in [1.165, 1.54) is 6.07 Å². The third kappa shape index (κ3) is 3.12. The summed E-state index contributed by atoms with van der Waals surface area (Å²) in [6, 6.07) is 2.33. The summed E-state index contributed by atoms with van der Waals surface area (Å²) in [6.45, 7) is 0. The number of anilines is 1. The van der Waals surface area contributed by atoms with Crippen LogP contribution in [0.15, 0.2) is 16.6 Å². The second-order valence-corrected chi connectivity index (χ2v) is 3.49. The van der Waals surface area contributed by atoms with Gasteiger partial charge in [-0.3, -0.25) is 4.79 Å². The number of aldehydes is 1. The van der Waals surface area contributed by atoms with Crippen molar-refractivity contribution in [1.82, 2.24) is 0 Å². The highest BCUT2D eigenvalue weighted by Crippen LogP contribution is 2.33. The number of rotatable bonds is 2. The molecular weight excluding hydrogens is 279 g/mol. The van der Waals surface area contributed by atoms with Crippen molar-refractivity contribution in [2.24, 2.45) is 0 Å². The number of nitrogens with two attached hydrogens (primary N) is 1. The minimum absolute atomic E-state index is 0.0661. The molecule has 0 saturated heterocycles. The van der Waals surface area contributed by atoms with E-state index in [0.29, 0.717) is 6.29 Å². The van der Waals surface area contributed by atoms with E-state index in [2.05, 4.69) is 20.7 Å². The fourth-order valence-electron chi connectivity index (χ4n) is 0.920. The summed E-state index contributed by atoms with van der Waals surface area (Å²) < 4.78 is 39.6. The normalized spacial score (nSPS) is 11.2. The maximum Gasteiger partial charge on any atom is 0.573 e. The predicted molar refractivity (Wildman–Crippen MR) is 50.6 cm³/mol. The Bertz CT molecular complexity index is 392. The topological polar surface area (TPSA) is 52.3 Å². The molecule has 1 rings (SSSR count). The highest BCUT2D eigenvalue weighted by molar-refractivity contribution is 9.10. The van der Waals surface area contributed by atoms with Crippen molar-refractivity contribution in [2.45, 2.75) is 6.36 Å². The van der Waals surface area contributed by atoms with Crippen LogP contribution < -0.4 is 10.5 Å². The summed E-state index contributed by atoms with van der Waals surface area (Å²) in [5.74, 6) is -0.598. The van der Waals surface area contributed by atoms with Gasteiger partial charge in [0.25, 0.3) is 0 Å². The van der Waals surface area contributed by atoms with Crippen LogP contribution in [0.1, 0.15) is 10.4 Å². The minimum Gasteiger partial charge on any atom is -0.404 e. The number of hydrogen-bond acceptors (Lipinski definition) is 3. The fourth-order valence-corrected chi connectivity index (χ4v) is 1.37.